The Bertz CT molecular complexity index is 539. The van der Waals surface area contributed by atoms with Crippen LogP contribution in [0.1, 0.15) is 30.7 Å². The Morgan fingerprint density at radius 1 is 1.33 bits per heavy atom. The maximum absolute atomic E-state index is 10.7. The Labute approximate surface area is 105 Å². The Hall–Kier alpha value is -2.04. The standard InChI is InChI=1S/C13H15N3O2/c14-12-10-3-1-2-8(10)9-5-4-7(18-13(15)17)6-11(9)16-12/h4-6,8,10H,1-3H2,(H2,14,16)(H2,15,17). The zero-order valence-corrected chi connectivity index (χ0v) is 9.93. The lowest BCUT2D eigenvalue weighted by Crippen LogP contribution is -2.28. The molecule has 3 rings (SSSR count). The summed E-state index contributed by atoms with van der Waals surface area (Å²) in [4.78, 5) is 15.1. The lowest BCUT2D eigenvalue weighted by Gasteiger charge is -2.26. The van der Waals surface area contributed by atoms with E-state index in [1.807, 2.05) is 6.07 Å². The summed E-state index contributed by atoms with van der Waals surface area (Å²) in [6.07, 6.45) is 2.62. The number of benzene rings is 1. The summed E-state index contributed by atoms with van der Waals surface area (Å²) in [6, 6.07) is 5.45. The SMILES string of the molecule is NC(=O)Oc1ccc2c(c1)N=C(N)C1CCCC21. The predicted molar refractivity (Wildman–Crippen MR) is 68.0 cm³/mol. The van der Waals surface area contributed by atoms with Gasteiger partial charge in [-0.3, -0.25) is 0 Å². The fourth-order valence-corrected chi connectivity index (χ4v) is 3.02. The zero-order valence-electron chi connectivity index (χ0n) is 9.93. The number of primary amides is 1. The van der Waals surface area contributed by atoms with Gasteiger partial charge in [0.05, 0.1) is 5.69 Å². The first-order chi connectivity index (χ1) is 8.65. The maximum atomic E-state index is 10.7. The van der Waals surface area contributed by atoms with Gasteiger partial charge in [-0.25, -0.2) is 9.79 Å². The maximum Gasteiger partial charge on any atom is 0.409 e. The number of ether oxygens (including phenoxy) is 1. The summed E-state index contributed by atoms with van der Waals surface area (Å²) in [5, 5.41) is 0. The lowest BCUT2D eigenvalue weighted by molar-refractivity contribution is 0.211. The molecule has 0 bridgehead atoms. The number of carbonyl (C=O) groups is 1. The highest BCUT2D eigenvalue weighted by Gasteiger charge is 2.35. The van der Waals surface area contributed by atoms with Crippen LogP contribution in [0, 0.1) is 5.92 Å². The summed E-state index contributed by atoms with van der Waals surface area (Å²) in [6.45, 7) is 0. The van der Waals surface area contributed by atoms with Crippen LogP contribution >= 0.6 is 0 Å². The molecular formula is C13H15N3O2. The number of nitrogens with two attached hydrogens (primary N) is 2. The minimum atomic E-state index is -0.818. The lowest BCUT2D eigenvalue weighted by atomic mass is 9.85. The second-order valence-corrected chi connectivity index (χ2v) is 4.82. The van der Waals surface area contributed by atoms with Gasteiger partial charge in [0.25, 0.3) is 0 Å². The summed E-state index contributed by atoms with van der Waals surface area (Å²) in [5.41, 5.74) is 13.0. The molecule has 2 atom stereocenters. The first-order valence-electron chi connectivity index (χ1n) is 6.10. The molecule has 18 heavy (non-hydrogen) atoms. The molecule has 1 aliphatic heterocycles. The Morgan fingerprint density at radius 3 is 2.89 bits per heavy atom. The Kier molecular flexibility index (Phi) is 2.47. The highest BCUT2D eigenvalue weighted by molar-refractivity contribution is 5.89. The van der Waals surface area contributed by atoms with Gasteiger partial charge in [0.1, 0.15) is 11.6 Å². The molecule has 1 aromatic carbocycles. The van der Waals surface area contributed by atoms with Crippen molar-refractivity contribution >= 4 is 17.6 Å². The number of rotatable bonds is 1. The van der Waals surface area contributed by atoms with Crippen molar-refractivity contribution in [1.29, 1.82) is 0 Å². The molecular weight excluding hydrogens is 230 g/mol. The number of amidine groups is 1. The molecule has 5 heteroatoms. The average Bonchev–Trinajstić information content (AvgIpc) is 2.77. The zero-order chi connectivity index (χ0) is 12.7. The molecule has 0 aromatic heterocycles. The highest BCUT2D eigenvalue weighted by atomic mass is 16.5. The minimum Gasteiger partial charge on any atom is -0.410 e. The van der Waals surface area contributed by atoms with Gasteiger partial charge in [-0.2, -0.15) is 0 Å². The van der Waals surface area contributed by atoms with E-state index in [0.717, 1.165) is 18.5 Å². The Morgan fingerprint density at radius 2 is 2.11 bits per heavy atom. The molecule has 1 aliphatic carbocycles. The molecule has 4 N–H and O–H groups in total. The van der Waals surface area contributed by atoms with Crippen molar-refractivity contribution in [2.24, 2.45) is 22.4 Å². The smallest absolute Gasteiger partial charge is 0.409 e. The predicted octanol–water partition coefficient (Wildman–Crippen LogP) is 2.03. The molecule has 1 fully saturated rings. The normalized spacial score (nSPS) is 25.0. The van der Waals surface area contributed by atoms with Crippen molar-refractivity contribution in [1.82, 2.24) is 0 Å². The second kappa shape index (κ2) is 4.01. The summed E-state index contributed by atoms with van der Waals surface area (Å²) >= 11 is 0. The molecule has 94 valence electrons. The molecule has 2 unspecified atom stereocenters. The fourth-order valence-electron chi connectivity index (χ4n) is 3.02. The van der Waals surface area contributed by atoms with Crippen LogP contribution in [-0.2, 0) is 0 Å². The van der Waals surface area contributed by atoms with Crippen LogP contribution in [0.4, 0.5) is 10.5 Å². The first kappa shape index (κ1) is 11.1. The molecule has 1 aromatic rings. The molecule has 1 heterocycles. The largest absolute Gasteiger partial charge is 0.410 e. The van der Waals surface area contributed by atoms with E-state index in [4.69, 9.17) is 16.2 Å². The molecule has 1 saturated carbocycles. The van der Waals surface area contributed by atoms with E-state index >= 15 is 0 Å². The molecule has 1 amide bonds. The highest BCUT2D eigenvalue weighted by Crippen LogP contribution is 2.47. The third-order valence-electron chi connectivity index (χ3n) is 3.77. The van der Waals surface area contributed by atoms with Crippen LogP contribution in [0.2, 0.25) is 0 Å². The first-order valence-corrected chi connectivity index (χ1v) is 6.10. The quantitative estimate of drug-likeness (QED) is 0.793. The summed E-state index contributed by atoms with van der Waals surface area (Å²) < 4.78 is 4.86. The van der Waals surface area contributed by atoms with E-state index in [1.165, 1.54) is 12.0 Å². The van der Waals surface area contributed by atoms with Crippen molar-refractivity contribution in [2.45, 2.75) is 25.2 Å². The molecule has 5 nitrogen and oxygen atoms in total. The van der Waals surface area contributed by atoms with Crippen molar-refractivity contribution < 1.29 is 9.53 Å². The molecule has 0 spiro atoms. The molecule has 0 radical (unpaired) electrons. The van der Waals surface area contributed by atoms with Crippen molar-refractivity contribution in [3.63, 3.8) is 0 Å². The van der Waals surface area contributed by atoms with Gasteiger partial charge in [0, 0.05) is 12.0 Å². The van der Waals surface area contributed by atoms with Crippen LogP contribution in [0.15, 0.2) is 23.2 Å². The van der Waals surface area contributed by atoms with Crippen molar-refractivity contribution in [3.05, 3.63) is 23.8 Å². The number of amides is 1. The summed E-state index contributed by atoms with van der Waals surface area (Å²) in [5.74, 6) is 1.94. The van der Waals surface area contributed by atoms with Crippen LogP contribution in [0.3, 0.4) is 0 Å². The van der Waals surface area contributed by atoms with Gasteiger partial charge in [0.2, 0.25) is 0 Å². The van der Waals surface area contributed by atoms with Gasteiger partial charge in [-0.05, 0) is 30.4 Å². The summed E-state index contributed by atoms with van der Waals surface area (Å²) in [7, 11) is 0. The monoisotopic (exact) mass is 245 g/mol. The minimum absolute atomic E-state index is 0.375. The number of aliphatic imine (C=N–C) groups is 1. The van der Waals surface area contributed by atoms with Crippen LogP contribution in [0.25, 0.3) is 0 Å². The number of nitrogens with zero attached hydrogens (tertiary/aromatic N) is 1. The fraction of sp³-hybridized carbons (Fsp3) is 0.385. The van der Waals surface area contributed by atoms with Gasteiger partial charge in [-0.1, -0.05) is 12.5 Å². The number of fused-ring (bicyclic) bond motifs is 3. The average molecular weight is 245 g/mol. The van der Waals surface area contributed by atoms with Gasteiger partial charge in [-0.15, -0.1) is 0 Å². The number of carbonyl (C=O) groups excluding carboxylic acids is 1. The third kappa shape index (κ3) is 1.72. The number of hydrogen-bond acceptors (Lipinski definition) is 4. The van der Waals surface area contributed by atoms with Crippen LogP contribution in [-0.4, -0.2) is 11.9 Å². The van der Waals surface area contributed by atoms with Gasteiger partial charge < -0.3 is 16.2 Å². The van der Waals surface area contributed by atoms with E-state index in [0.29, 0.717) is 23.4 Å². The van der Waals surface area contributed by atoms with Gasteiger partial charge in [0.15, 0.2) is 0 Å². The van der Waals surface area contributed by atoms with Crippen LogP contribution < -0.4 is 16.2 Å². The van der Waals surface area contributed by atoms with Crippen molar-refractivity contribution in [2.75, 3.05) is 0 Å². The van der Waals surface area contributed by atoms with E-state index < -0.39 is 6.09 Å². The topological polar surface area (TPSA) is 90.7 Å². The number of hydrogen-bond donors (Lipinski definition) is 2. The van der Waals surface area contributed by atoms with E-state index in [1.54, 1.807) is 12.1 Å². The van der Waals surface area contributed by atoms with Crippen molar-refractivity contribution in [3.8, 4) is 5.75 Å². The second-order valence-electron chi connectivity index (χ2n) is 4.82. The van der Waals surface area contributed by atoms with E-state index in [2.05, 4.69) is 4.99 Å². The van der Waals surface area contributed by atoms with E-state index in [9.17, 15) is 4.79 Å². The third-order valence-corrected chi connectivity index (χ3v) is 3.77. The van der Waals surface area contributed by atoms with E-state index in [-0.39, 0.29) is 0 Å². The van der Waals surface area contributed by atoms with Crippen LogP contribution in [0.5, 0.6) is 5.75 Å². The molecule has 2 aliphatic rings. The van der Waals surface area contributed by atoms with Gasteiger partial charge >= 0.3 is 6.09 Å². The molecule has 0 saturated heterocycles. The Balaban J connectivity index is 2.01.